The Kier molecular flexibility index (Phi) is 7.82. The Bertz CT molecular complexity index is 1150. The molecule has 1 atom stereocenters. The van der Waals surface area contributed by atoms with E-state index in [0.717, 1.165) is 24.8 Å². The fourth-order valence-electron chi connectivity index (χ4n) is 3.93. The van der Waals surface area contributed by atoms with Crippen LogP contribution in [0.4, 0.5) is 11.4 Å². The lowest BCUT2D eigenvalue weighted by molar-refractivity contribution is -0.119. The normalized spacial score (nSPS) is 17.4. The third-order valence-corrected chi connectivity index (χ3v) is 7.78. The standard InChI is InChI=1S/C24H30ClN3O4S/c1-4-5-6-7-22(29)18-12-21-23(13-20(18)27(2)3)33(31,32)15-19(26)24(30)28(21)14-16-8-10-17(25)11-9-16/h8-13,19H,4-7,14-15,26H2,1-3H3/t19-/m0/s1. The largest absolute Gasteiger partial charge is 0.377 e. The van der Waals surface area contributed by atoms with Crippen LogP contribution < -0.4 is 15.5 Å². The molecule has 0 spiro atoms. The number of amides is 1. The molecule has 0 bridgehead atoms. The van der Waals surface area contributed by atoms with Gasteiger partial charge in [-0.1, -0.05) is 43.5 Å². The van der Waals surface area contributed by atoms with Crippen molar-refractivity contribution in [2.24, 2.45) is 5.73 Å². The molecule has 1 aliphatic heterocycles. The number of unbranched alkanes of at least 4 members (excludes halogenated alkanes) is 2. The van der Waals surface area contributed by atoms with Gasteiger partial charge in [0.1, 0.15) is 0 Å². The smallest absolute Gasteiger partial charge is 0.245 e. The van der Waals surface area contributed by atoms with Crippen LogP contribution in [0.15, 0.2) is 41.3 Å². The van der Waals surface area contributed by atoms with Gasteiger partial charge in [-0.05, 0) is 36.2 Å². The number of halogens is 1. The minimum Gasteiger partial charge on any atom is -0.377 e. The average molecular weight is 492 g/mol. The minimum absolute atomic E-state index is 0.00608. The molecule has 0 saturated heterocycles. The number of carbonyl (C=O) groups excluding carboxylic acids is 2. The molecule has 3 rings (SSSR count). The lowest BCUT2D eigenvalue weighted by Crippen LogP contribution is -2.45. The quantitative estimate of drug-likeness (QED) is 0.445. The molecule has 0 unspecified atom stereocenters. The van der Waals surface area contributed by atoms with Crippen molar-refractivity contribution in [2.75, 3.05) is 29.6 Å². The van der Waals surface area contributed by atoms with E-state index in [2.05, 4.69) is 6.92 Å². The zero-order valence-corrected chi connectivity index (χ0v) is 20.7. The van der Waals surface area contributed by atoms with Gasteiger partial charge < -0.3 is 15.5 Å². The third-order valence-electron chi connectivity index (χ3n) is 5.73. The van der Waals surface area contributed by atoms with Crippen molar-refractivity contribution in [2.45, 2.75) is 50.1 Å². The summed E-state index contributed by atoms with van der Waals surface area (Å²) in [7, 11) is -0.338. The van der Waals surface area contributed by atoms with Gasteiger partial charge in [0, 0.05) is 36.8 Å². The molecule has 0 radical (unpaired) electrons. The van der Waals surface area contributed by atoms with E-state index in [0.29, 0.717) is 22.7 Å². The van der Waals surface area contributed by atoms with E-state index in [4.69, 9.17) is 17.3 Å². The number of hydrogen-bond donors (Lipinski definition) is 1. The fourth-order valence-corrected chi connectivity index (χ4v) is 5.63. The van der Waals surface area contributed by atoms with Gasteiger partial charge in [-0.2, -0.15) is 0 Å². The second-order valence-corrected chi connectivity index (χ2v) is 11.0. The van der Waals surface area contributed by atoms with E-state index in [-0.39, 0.29) is 22.9 Å². The van der Waals surface area contributed by atoms with Gasteiger partial charge in [-0.3, -0.25) is 9.59 Å². The molecule has 2 N–H and O–H groups in total. The molecule has 33 heavy (non-hydrogen) atoms. The molecular formula is C24H30ClN3O4S. The van der Waals surface area contributed by atoms with Crippen LogP contribution in [-0.4, -0.2) is 46.0 Å². The molecule has 1 amide bonds. The predicted molar refractivity (Wildman–Crippen MR) is 132 cm³/mol. The fraction of sp³-hybridized carbons (Fsp3) is 0.417. The second kappa shape index (κ2) is 10.2. The Labute approximate surface area is 200 Å². The number of rotatable bonds is 8. The van der Waals surface area contributed by atoms with Gasteiger partial charge >= 0.3 is 0 Å². The van der Waals surface area contributed by atoms with Gasteiger partial charge in [-0.15, -0.1) is 0 Å². The topological polar surface area (TPSA) is 101 Å². The number of fused-ring (bicyclic) bond motifs is 1. The Morgan fingerprint density at radius 3 is 2.45 bits per heavy atom. The summed E-state index contributed by atoms with van der Waals surface area (Å²) >= 11 is 5.98. The van der Waals surface area contributed by atoms with E-state index >= 15 is 0 Å². The maximum atomic E-state index is 13.2. The zero-order chi connectivity index (χ0) is 24.3. The van der Waals surface area contributed by atoms with Crippen LogP contribution in [0.25, 0.3) is 0 Å². The molecule has 1 aliphatic rings. The summed E-state index contributed by atoms with van der Waals surface area (Å²) < 4.78 is 26.4. The lowest BCUT2D eigenvalue weighted by atomic mass is 10.0. The molecular weight excluding hydrogens is 462 g/mol. The molecule has 1 heterocycles. The van der Waals surface area contributed by atoms with Crippen molar-refractivity contribution >= 4 is 44.5 Å². The Balaban J connectivity index is 2.18. The highest BCUT2D eigenvalue weighted by Crippen LogP contribution is 2.37. The molecule has 0 fully saturated rings. The maximum absolute atomic E-state index is 13.2. The summed E-state index contributed by atoms with van der Waals surface area (Å²) in [4.78, 5) is 29.4. The lowest BCUT2D eigenvalue weighted by Gasteiger charge is -2.26. The number of ketones is 1. The van der Waals surface area contributed by atoms with Crippen LogP contribution in [0.5, 0.6) is 0 Å². The Morgan fingerprint density at radius 1 is 1.18 bits per heavy atom. The number of hydrogen-bond acceptors (Lipinski definition) is 6. The number of sulfone groups is 1. The zero-order valence-electron chi connectivity index (χ0n) is 19.2. The number of anilines is 2. The number of benzene rings is 2. The van der Waals surface area contributed by atoms with Crippen molar-refractivity contribution in [3.05, 3.63) is 52.5 Å². The van der Waals surface area contributed by atoms with Crippen molar-refractivity contribution in [3.63, 3.8) is 0 Å². The third kappa shape index (κ3) is 5.57. The first-order chi connectivity index (χ1) is 15.5. The summed E-state index contributed by atoms with van der Waals surface area (Å²) in [6.07, 6.45) is 3.01. The van der Waals surface area contributed by atoms with Crippen LogP contribution in [0.3, 0.4) is 0 Å². The first-order valence-corrected chi connectivity index (χ1v) is 13.0. The van der Waals surface area contributed by atoms with Gasteiger partial charge in [0.15, 0.2) is 15.6 Å². The predicted octanol–water partition coefficient (Wildman–Crippen LogP) is 3.82. The van der Waals surface area contributed by atoms with Crippen LogP contribution in [-0.2, 0) is 21.2 Å². The van der Waals surface area contributed by atoms with Gasteiger partial charge in [0.25, 0.3) is 0 Å². The van der Waals surface area contributed by atoms with Crippen molar-refractivity contribution in [1.29, 1.82) is 0 Å². The second-order valence-electron chi connectivity index (χ2n) is 8.55. The van der Waals surface area contributed by atoms with Gasteiger partial charge in [-0.25, -0.2) is 8.42 Å². The maximum Gasteiger partial charge on any atom is 0.245 e. The van der Waals surface area contributed by atoms with E-state index in [1.54, 1.807) is 49.3 Å². The van der Waals surface area contributed by atoms with Gasteiger partial charge in [0.2, 0.25) is 5.91 Å². The van der Waals surface area contributed by atoms with Crippen LogP contribution >= 0.6 is 11.6 Å². The molecule has 0 saturated carbocycles. The summed E-state index contributed by atoms with van der Waals surface area (Å²) in [5.74, 6) is -1.08. The summed E-state index contributed by atoms with van der Waals surface area (Å²) in [5, 5.41) is 0.552. The van der Waals surface area contributed by atoms with E-state index < -0.39 is 27.5 Å². The van der Waals surface area contributed by atoms with Crippen LogP contribution in [0.2, 0.25) is 5.02 Å². The molecule has 0 aromatic heterocycles. The van der Waals surface area contributed by atoms with Crippen LogP contribution in [0.1, 0.15) is 48.5 Å². The molecule has 2 aromatic carbocycles. The number of carbonyl (C=O) groups is 2. The van der Waals surface area contributed by atoms with Crippen molar-refractivity contribution < 1.29 is 18.0 Å². The Morgan fingerprint density at radius 2 is 1.85 bits per heavy atom. The van der Waals surface area contributed by atoms with Gasteiger partial charge in [0.05, 0.1) is 28.9 Å². The SMILES string of the molecule is CCCCCC(=O)c1cc2c(cc1N(C)C)S(=O)(=O)C[C@H](N)C(=O)N2Cc1ccc(Cl)cc1. The minimum atomic E-state index is -3.86. The molecule has 0 aliphatic carbocycles. The van der Waals surface area contributed by atoms with E-state index in [1.165, 1.54) is 11.0 Å². The first kappa shape index (κ1) is 25.2. The number of Topliss-reactive ketones (excluding diaryl/α,β-unsaturated/α-hetero) is 1. The number of nitrogens with zero attached hydrogens (tertiary/aromatic N) is 2. The summed E-state index contributed by atoms with van der Waals surface area (Å²) in [6, 6.07) is 8.78. The Hall–Kier alpha value is -2.42. The van der Waals surface area contributed by atoms with Crippen molar-refractivity contribution in [3.8, 4) is 0 Å². The monoisotopic (exact) mass is 491 g/mol. The molecule has 178 valence electrons. The highest BCUT2D eigenvalue weighted by atomic mass is 35.5. The highest BCUT2D eigenvalue weighted by molar-refractivity contribution is 7.91. The first-order valence-electron chi connectivity index (χ1n) is 11.0. The summed E-state index contributed by atoms with van der Waals surface area (Å²) in [5.41, 5.74) is 7.86. The van der Waals surface area contributed by atoms with E-state index in [9.17, 15) is 18.0 Å². The van der Waals surface area contributed by atoms with E-state index in [1.807, 2.05) is 0 Å². The molecule has 2 aromatic rings. The molecule has 7 nitrogen and oxygen atoms in total. The average Bonchev–Trinajstić information content (AvgIpc) is 2.82. The summed E-state index contributed by atoms with van der Waals surface area (Å²) in [6.45, 7) is 2.17. The van der Waals surface area contributed by atoms with Crippen LogP contribution in [0, 0.1) is 0 Å². The highest BCUT2D eigenvalue weighted by Gasteiger charge is 2.37. The molecule has 9 heteroatoms. The van der Waals surface area contributed by atoms with Crippen molar-refractivity contribution in [1.82, 2.24) is 0 Å². The number of nitrogens with two attached hydrogens (primary N) is 1.